The first-order valence-corrected chi connectivity index (χ1v) is 7.26. The van der Waals surface area contributed by atoms with Crippen LogP contribution in [-0.2, 0) is 6.42 Å². The number of ether oxygens (including phenoxy) is 1. The van der Waals surface area contributed by atoms with Crippen LogP contribution < -0.4 is 4.74 Å². The Balaban J connectivity index is 1.66. The highest BCUT2D eigenvalue weighted by atomic mass is 32.2. The zero-order chi connectivity index (χ0) is 13.9. The van der Waals surface area contributed by atoms with E-state index >= 15 is 0 Å². The van der Waals surface area contributed by atoms with E-state index in [1.54, 1.807) is 11.8 Å². The number of hydrogen-bond donors (Lipinski definition) is 0. The zero-order valence-electron chi connectivity index (χ0n) is 10.7. The molecule has 1 heterocycles. The average Bonchev–Trinajstić information content (AvgIpc) is 2.88. The molecule has 0 fully saturated rings. The van der Waals surface area contributed by atoms with E-state index in [1.165, 1.54) is 28.7 Å². The summed E-state index contributed by atoms with van der Waals surface area (Å²) in [7, 11) is 0. The quantitative estimate of drug-likeness (QED) is 0.802. The summed E-state index contributed by atoms with van der Waals surface area (Å²) in [6.07, 6.45) is 1.58. The maximum atomic E-state index is 13.0. The first kappa shape index (κ1) is 13.2. The van der Waals surface area contributed by atoms with E-state index in [9.17, 15) is 9.18 Å². The summed E-state index contributed by atoms with van der Waals surface area (Å²) in [6.45, 7) is 0.506. The van der Waals surface area contributed by atoms with Crippen LogP contribution in [0.5, 0.6) is 5.75 Å². The molecule has 0 radical (unpaired) electrons. The molecule has 0 saturated heterocycles. The highest BCUT2D eigenvalue weighted by Crippen LogP contribution is 2.37. The van der Waals surface area contributed by atoms with Gasteiger partial charge < -0.3 is 4.74 Å². The Morgan fingerprint density at radius 2 is 2.15 bits per heavy atom. The molecule has 2 aromatic rings. The van der Waals surface area contributed by atoms with E-state index in [-0.39, 0.29) is 5.56 Å². The highest BCUT2D eigenvalue weighted by Gasteiger charge is 2.22. The van der Waals surface area contributed by atoms with Gasteiger partial charge in [-0.2, -0.15) is 0 Å². The van der Waals surface area contributed by atoms with Crippen molar-refractivity contribution in [3.05, 3.63) is 59.4 Å². The van der Waals surface area contributed by atoms with Gasteiger partial charge in [0.25, 0.3) is 0 Å². The Morgan fingerprint density at radius 1 is 1.30 bits per heavy atom. The van der Waals surface area contributed by atoms with Crippen LogP contribution in [0.1, 0.15) is 15.9 Å². The monoisotopic (exact) mass is 288 g/mol. The summed E-state index contributed by atoms with van der Waals surface area (Å²) in [4.78, 5) is 12.2. The molecule has 0 aromatic heterocycles. The van der Waals surface area contributed by atoms with Crippen molar-refractivity contribution in [3.63, 3.8) is 0 Å². The number of hydrogen-bond acceptors (Lipinski definition) is 3. The van der Waals surface area contributed by atoms with E-state index < -0.39 is 5.82 Å². The second-order valence-corrected chi connectivity index (χ2v) is 6.00. The van der Waals surface area contributed by atoms with Crippen LogP contribution in [0.4, 0.5) is 4.39 Å². The minimum absolute atomic E-state index is 0.255. The van der Waals surface area contributed by atoms with Gasteiger partial charge in [0.1, 0.15) is 18.2 Å². The van der Waals surface area contributed by atoms with Crippen LogP contribution in [0, 0.1) is 5.82 Å². The number of thioether (sulfide) groups is 1. The molecular weight excluding hydrogens is 275 g/mol. The lowest BCUT2D eigenvalue weighted by molar-refractivity contribution is 0.111. The zero-order valence-corrected chi connectivity index (χ0v) is 11.5. The van der Waals surface area contributed by atoms with Crippen LogP contribution in [0.15, 0.2) is 47.4 Å². The third kappa shape index (κ3) is 2.70. The summed E-state index contributed by atoms with van der Waals surface area (Å²) in [5, 5.41) is 0.331. The van der Waals surface area contributed by atoms with Crippen molar-refractivity contribution >= 4 is 18.0 Å². The lowest BCUT2D eigenvalue weighted by Crippen LogP contribution is -2.14. The van der Waals surface area contributed by atoms with Crippen LogP contribution in [0.3, 0.4) is 0 Å². The average molecular weight is 288 g/mol. The molecule has 3 rings (SSSR count). The SMILES string of the molecule is O=Cc1cc(F)ccc1OCC1Cc2ccccc2S1. The predicted octanol–water partition coefficient (Wildman–Crippen LogP) is 3.73. The van der Waals surface area contributed by atoms with E-state index in [1.807, 2.05) is 12.1 Å². The maximum absolute atomic E-state index is 13.0. The molecule has 0 amide bonds. The van der Waals surface area contributed by atoms with Crippen molar-refractivity contribution in [1.29, 1.82) is 0 Å². The lowest BCUT2D eigenvalue weighted by Gasteiger charge is -2.12. The first-order valence-electron chi connectivity index (χ1n) is 6.38. The predicted molar refractivity (Wildman–Crippen MR) is 77.1 cm³/mol. The molecule has 0 aliphatic carbocycles. The molecule has 2 nitrogen and oxygen atoms in total. The van der Waals surface area contributed by atoms with Gasteiger partial charge in [-0.05, 0) is 36.2 Å². The van der Waals surface area contributed by atoms with Gasteiger partial charge in [0.2, 0.25) is 0 Å². The summed E-state index contributed by atoms with van der Waals surface area (Å²) >= 11 is 1.78. The minimum Gasteiger partial charge on any atom is -0.492 e. The number of fused-ring (bicyclic) bond motifs is 1. The molecule has 0 bridgehead atoms. The van der Waals surface area contributed by atoms with Crippen LogP contribution >= 0.6 is 11.8 Å². The van der Waals surface area contributed by atoms with Crippen LogP contribution in [0.25, 0.3) is 0 Å². The molecule has 1 aliphatic rings. The van der Waals surface area contributed by atoms with Gasteiger partial charge in [-0.25, -0.2) is 4.39 Å². The Kier molecular flexibility index (Phi) is 3.74. The van der Waals surface area contributed by atoms with Gasteiger partial charge in [-0.3, -0.25) is 4.79 Å². The third-order valence-electron chi connectivity index (χ3n) is 3.24. The maximum Gasteiger partial charge on any atom is 0.153 e. The summed E-state index contributed by atoms with van der Waals surface area (Å²) in [6, 6.07) is 12.3. The third-order valence-corrected chi connectivity index (χ3v) is 4.53. The standard InChI is InChI=1S/C16H13FO2S/c17-13-5-6-15(12(7-13)9-18)19-10-14-8-11-3-1-2-4-16(11)20-14/h1-7,9,14H,8,10H2. The van der Waals surface area contributed by atoms with Gasteiger partial charge in [-0.15, -0.1) is 11.8 Å². The van der Waals surface area contributed by atoms with Gasteiger partial charge in [0.05, 0.1) is 5.56 Å². The fourth-order valence-corrected chi connectivity index (χ4v) is 3.49. The van der Waals surface area contributed by atoms with E-state index in [4.69, 9.17) is 4.74 Å². The normalized spacial score (nSPS) is 16.8. The first-order chi connectivity index (χ1) is 9.76. The molecule has 0 saturated carbocycles. The Morgan fingerprint density at radius 3 is 2.95 bits per heavy atom. The smallest absolute Gasteiger partial charge is 0.153 e. The Bertz CT molecular complexity index is 617. The highest BCUT2D eigenvalue weighted by molar-refractivity contribution is 8.00. The van der Waals surface area contributed by atoms with Gasteiger partial charge in [-0.1, -0.05) is 18.2 Å². The molecule has 0 spiro atoms. The molecular formula is C16H13FO2S. The largest absolute Gasteiger partial charge is 0.492 e. The molecule has 1 unspecified atom stereocenters. The number of carbonyl (C=O) groups is 1. The van der Waals surface area contributed by atoms with Crippen molar-refractivity contribution in [2.75, 3.05) is 6.61 Å². The van der Waals surface area contributed by atoms with E-state index in [2.05, 4.69) is 12.1 Å². The van der Waals surface area contributed by atoms with Crippen molar-refractivity contribution in [1.82, 2.24) is 0 Å². The van der Waals surface area contributed by atoms with Crippen LogP contribution in [0.2, 0.25) is 0 Å². The number of carbonyl (C=O) groups excluding carboxylic acids is 1. The van der Waals surface area contributed by atoms with Crippen molar-refractivity contribution in [3.8, 4) is 5.75 Å². The molecule has 102 valence electrons. The number of benzene rings is 2. The lowest BCUT2D eigenvalue weighted by atomic mass is 10.1. The topological polar surface area (TPSA) is 26.3 Å². The van der Waals surface area contributed by atoms with Gasteiger partial charge in [0.15, 0.2) is 6.29 Å². The Labute approximate surface area is 121 Å². The molecule has 2 aromatic carbocycles. The van der Waals surface area contributed by atoms with E-state index in [0.717, 1.165) is 6.42 Å². The number of aldehydes is 1. The fraction of sp³-hybridized carbons (Fsp3) is 0.188. The summed E-state index contributed by atoms with van der Waals surface area (Å²) in [5.41, 5.74) is 1.59. The molecule has 1 aliphatic heterocycles. The van der Waals surface area contributed by atoms with E-state index in [0.29, 0.717) is 23.9 Å². The number of halogens is 1. The fourth-order valence-electron chi connectivity index (χ4n) is 2.27. The summed E-state index contributed by atoms with van der Waals surface area (Å²) < 4.78 is 18.7. The Hall–Kier alpha value is -1.81. The van der Waals surface area contributed by atoms with Crippen molar-refractivity contribution < 1.29 is 13.9 Å². The van der Waals surface area contributed by atoms with Crippen molar-refractivity contribution in [2.24, 2.45) is 0 Å². The molecule has 20 heavy (non-hydrogen) atoms. The second-order valence-electron chi connectivity index (χ2n) is 4.66. The molecule has 1 atom stereocenters. The number of rotatable bonds is 4. The minimum atomic E-state index is -0.429. The molecule has 0 N–H and O–H groups in total. The summed E-state index contributed by atoms with van der Waals surface area (Å²) in [5.74, 6) is 0.0139. The molecule has 4 heteroatoms. The second kappa shape index (κ2) is 5.67. The van der Waals surface area contributed by atoms with Crippen LogP contribution in [-0.4, -0.2) is 18.1 Å². The van der Waals surface area contributed by atoms with Gasteiger partial charge >= 0.3 is 0 Å². The van der Waals surface area contributed by atoms with Gasteiger partial charge in [0, 0.05) is 10.1 Å². The van der Waals surface area contributed by atoms with Crippen molar-refractivity contribution in [2.45, 2.75) is 16.6 Å².